The fraction of sp³-hybridized carbons (Fsp3) is 0.143. The molecule has 0 aliphatic heterocycles. The van der Waals surface area contributed by atoms with Gasteiger partial charge in [0.1, 0.15) is 0 Å². The molecule has 0 aliphatic carbocycles. The Balaban J connectivity index is 0.00000162. The van der Waals surface area contributed by atoms with Gasteiger partial charge >= 0.3 is 0 Å². The van der Waals surface area contributed by atoms with Crippen LogP contribution in [0.5, 0.6) is 0 Å². The van der Waals surface area contributed by atoms with Gasteiger partial charge in [-0.3, -0.25) is 0 Å². The Kier molecular flexibility index (Phi) is 5.03. The van der Waals surface area contributed by atoms with E-state index >= 15 is 0 Å². The number of pyridine rings is 1. The molecule has 0 atom stereocenters. The topological polar surface area (TPSA) is 39.9 Å². The summed E-state index contributed by atoms with van der Waals surface area (Å²) in [4.78, 5) is 6.31. The zero-order valence-electron chi connectivity index (χ0n) is 10.1. The summed E-state index contributed by atoms with van der Waals surface area (Å²) >= 11 is 0. The van der Waals surface area contributed by atoms with Crippen LogP contribution < -0.4 is 4.90 Å². The van der Waals surface area contributed by atoms with Gasteiger partial charge in [-0.05, 0) is 17.3 Å². The Labute approximate surface area is 120 Å². The van der Waals surface area contributed by atoms with Crippen LogP contribution >= 0.6 is 0 Å². The summed E-state index contributed by atoms with van der Waals surface area (Å²) < 4.78 is 0. The SMILES string of the molecule is CN(C)c1ccnc(-c2[c-]ccc(C#N)c2)c1.[Ir]. The van der Waals surface area contributed by atoms with Gasteiger partial charge in [0.15, 0.2) is 0 Å². The second-order valence-corrected chi connectivity index (χ2v) is 3.90. The van der Waals surface area contributed by atoms with Crippen molar-refractivity contribution in [1.82, 2.24) is 4.98 Å². The second-order valence-electron chi connectivity index (χ2n) is 3.90. The molecule has 0 N–H and O–H groups in total. The van der Waals surface area contributed by atoms with Gasteiger partial charge in [0, 0.05) is 46.1 Å². The maximum Gasteiger partial charge on any atom is 0.0789 e. The molecule has 1 aromatic heterocycles. The molecule has 0 spiro atoms. The number of aromatic nitrogens is 1. The van der Waals surface area contributed by atoms with E-state index in [2.05, 4.69) is 17.1 Å². The molecular weight excluding hydrogens is 402 g/mol. The molecule has 0 saturated carbocycles. The first-order valence-corrected chi connectivity index (χ1v) is 5.26. The number of rotatable bonds is 2. The van der Waals surface area contributed by atoms with E-state index in [1.54, 1.807) is 24.4 Å². The van der Waals surface area contributed by atoms with Crippen LogP contribution in [-0.4, -0.2) is 19.1 Å². The zero-order chi connectivity index (χ0) is 12.3. The number of hydrogen-bond donors (Lipinski definition) is 0. The first-order valence-electron chi connectivity index (χ1n) is 5.26. The average molecular weight is 414 g/mol. The third-order valence-corrected chi connectivity index (χ3v) is 2.47. The molecule has 2 aromatic rings. The average Bonchev–Trinajstić information content (AvgIpc) is 2.39. The number of benzene rings is 1. The van der Waals surface area contributed by atoms with Gasteiger partial charge in [0.05, 0.1) is 6.07 Å². The monoisotopic (exact) mass is 415 g/mol. The number of anilines is 1. The largest absolute Gasteiger partial charge is 0.378 e. The number of hydrogen-bond acceptors (Lipinski definition) is 3. The molecular formula is C14H12IrN3-. The zero-order valence-corrected chi connectivity index (χ0v) is 12.5. The smallest absolute Gasteiger partial charge is 0.0789 e. The third kappa shape index (κ3) is 3.16. The summed E-state index contributed by atoms with van der Waals surface area (Å²) in [6, 6.07) is 14.4. The maximum atomic E-state index is 8.86. The van der Waals surface area contributed by atoms with Crippen LogP contribution in [-0.2, 0) is 20.1 Å². The summed E-state index contributed by atoms with van der Waals surface area (Å²) in [5.41, 5.74) is 3.36. The Morgan fingerprint density at radius 2 is 2.06 bits per heavy atom. The van der Waals surface area contributed by atoms with Gasteiger partial charge in [-0.15, -0.1) is 29.8 Å². The van der Waals surface area contributed by atoms with E-state index in [1.807, 2.05) is 31.1 Å². The molecule has 0 saturated heterocycles. The van der Waals surface area contributed by atoms with E-state index in [1.165, 1.54) is 0 Å². The molecule has 3 nitrogen and oxygen atoms in total. The van der Waals surface area contributed by atoms with E-state index in [0.717, 1.165) is 16.9 Å². The van der Waals surface area contributed by atoms with Gasteiger partial charge in [-0.2, -0.15) is 5.26 Å². The summed E-state index contributed by atoms with van der Waals surface area (Å²) in [5.74, 6) is 0. The summed E-state index contributed by atoms with van der Waals surface area (Å²) in [5, 5.41) is 8.86. The van der Waals surface area contributed by atoms with Gasteiger partial charge in [-0.25, -0.2) is 0 Å². The van der Waals surface area contributed by atoms with Crippen LogP contribution in [0.4, 0.5) is 5.69 Å². The molecule has 0 fully saturated rings. The fourth-order valence-corrected chi connectivity index (χ4v) is 1.53. The minimum atomic E-state index is 0. The van der Waals surface area contributed by atoms with Gasteiger partial charge in [0.25, 0.3) is 0 Å². The Bertz CT molecular complexity index is 573. The van der Waals surface area contributed by atoms with Crippen molar-refractivity contribution >= 4 is 5.69 Å². The van der Waals surface area contributed by atoms with Crippen molar-refractivity contribution in [2.24, 2.45) is 0 Å². The molecule has 0 unspecified atom stereocenters. The molecule has 0 aliphatic rings. The van der Waals surface area contributed by atoms with Crippen molar-refractivity contribution in [3.8, 4) is 17.3 Å². The molecule has 1 aromatic carbocycles. The fourth-order valence-electron chi connectivity index (χ4n) is 1.53. The predicted octanol–water partition coefficient (Wildman–Crippen LogP) is 2.48. The summed E-state index contributed by atoms with van der Waals surface area (Å²) in [6.45, 7) is 0. The molecule has 1 heterocycles. The van der Waals surface area contributed by atoms with E-state index < -0.39 is 0 Å². The van der Waals surface area contributed by atoms with E-state index in [0.29, 0.717) is 5.56 Å². The van der Waals surface area contributed by atoms with Gasteiger partial charge in [0.2, 0.25) is 0 Å². The van der Waals surface area contributed by atoms with Crippen molar-refractivity contribution in [2.45, 2.75) is 0 Å². The van der Waals surface area contributed by atoms with E-state index in [9.17, 15) is 0 Å². The van der Waals surface area contributed by atoms with Crippen molar-refractivity contribution in [3.05, 3.63) is 48.2 Å². The van der Waals surface area contributed by atoms with E-state index in [4.69, 9.17) is 5.26 Å². The van der Waals surface area contributed by atoms with Crippen molar-refractivity contribution < 1.29 is 20.1 Å². The Morgan fingerprint density at radius 3 is 2.72 bits per heavy atom. The van der Waals surface area contributed by atoms with Gasteiger partial charge < -0.3 is 9.88 Å². The van der Waals surface area contributed by atoms with Crippen molar-refractivity contribution in [3.63, 3.8) is 0 Å². The minimum absolute atomic E-state index is 0. The van der Waals surface area contributed by atoms with Crippen LogP contribution in [0.3, 0.4) is 0 Å². The minimum Gasteiger partial charge on any atom is -0.378 e. The second kappa shape index (κ2) is 6.30. The van der Waals surface area contributed by atoms with Crippen LogP contribution in [0.25, 0.3) is 11.3 Å². The molecule has 93 valence electrons. The quantitative estimate of drug-likeness (QED) is 0.709. The third-order valence-electron chi connectivity index (χ3n) is 2.47. The van der Waals surface area contributed by atoms with Crippen LogP contribution in [0.15, 0.2) is 36.5 Å². The molecule has 4 heteroatoms. The normalized spacial score (nSPS) is 9.17. The molecule has 18 heavy (non-hydrogen) atoms. The maximum absolute atomic E-state index is 8.86. The van der Waals surface area contributed by atoms with Crippen LogP contribution in [0.1, 0.15) is 5.56 Å². The van der Waals surface area contributed by atoms with Crippen LogP contribution in [0, 0.1) is 17.4 Å². The Morgan fingerprint density at radius 1 is 1.28 bits per heavy atom. The van der Waals surface area contributed by atoms with Crippen molar-refractivity contribution in [2.75, 3.05) is 19.0 Å². The molecule has 0 bridgehead atoms. The van der Waals surface area contributed by atoms with Gasteiger partial charge in [-0.1, -0.05) is 6.07 Å². The Hall–Kier alpha value is -1.69. The summed E-state index contributed by atoms with van der Waals surface area (Å²) in [7, 11) is 3.96. The number of nitrogens with zero attached hydrogens (tertiary/aromatic N) is 3. The molecule has 0 amide bonds. The molecule has 1 radical (unpaired) electrons. The predicted molar refractivity (Wildman–Crippen MR) is 67.6 cm³/mol. The van der Waals surface area contributed by atoms with Crippen LogP contribution in [0.2, 0.25) is 0 Å². The first kappa shape index (κ1) is 14.4. The summed E-state index contributed by atoms with van der Waals surface area (Å²) in [6.07, 6.45) is 1.76. The van der Waals surface area contributed by atoms with Crippen molar-refractivity contribution in [1.29, 1.82) is 5.26 Å². The first-order chi connectivity index (χ1) is 8.20. The molecule has 2 rings (SSSR count). The standard InChI is InChI=1S/C14H12N3.Ir/c1-17(2)13-6-7-16-14(9-13)12-5-3-4-11(8-12)10-15;/h3-4,6-9H,1-2H3;/q-1;. The van der Waals surface area contributed by atoms with E-state index in [-0.39, 0.29) is 20.1 Å². The number of nitriles is 1.